The van der Waals surface area contributed by atoms with Crippen molar-refractivity contribution < 1.29 is 4.79 Å². The highest BCUT2D eigenvalue weighted by atomic mass is 32.1. The van der Waals surface area contributed by atoms with Crippen molar-refractivity contribution in [3.8, 4) is 0 Å². The molecule has 3 fully saturated rings. The molecule has 3 aliphatic rings. The molecule has 1 aromatic carbocycles. The van der Waals surface area contributed by atoms with Crippen LogP contribution in [0.2, 0.25) is 0 Å². The van der Waals surface area contributed by atoms with Crippen molar-refractivity contribution in [2.24, 2.45) is 5.92 Å². The number of carbonyl (C=O) groups excluding carboxylic acids is 1. The molecule has 0 saturated carbocycles. The number of benzene rings is 1. The summed E-state index contributed by atoms with van der Waals surface area (Å²) in [6.07, 6.45) is 3.88. The molecule has 1 amide bonds. The summed E-state index contributed by atoms with van der Waals surface area (Å²) in [6.45, 7) is 6.77. The van der Waals surface area contributed by atoms with Gasteiger partial charge >= 0.3 is 0 Å². The molecule has 0 unspecified atom stereocenters. The summed E-state index contributed by atoms with van der Waals surface area (Å²) in [6, 6.07) is 7.01. The fourth-order valence-corrected chi connectivity index (χ4v) is 5.22. The molecule has 4 nitrogen and oxygen atoms in total. The second-order valence-electron chi connectivity index (χ2n) is 7.15. The van der Waals surface area contributed by atoms with Crippen LogP contribution in [0.3, 0.4) is 0 Å². The Labute approximate surface area is 147 Å². The zero-order valence-corrected chi connectivity index (χ0v) is 15.2. The smallest absolute Gasteiger partial charge is 0.224 e. The molecule has 2 aromatic rings. The van der Waals surface area contributed by atoms with E-state index in [9.17, 15) is 4.79 Å². The number of thiazole rings is 1. The SMILES string of the molecule is CCc1nc2ccc(CC(=O)N[C@@H]3C4CCN(CC4)[C@@H]3C)cc2s1. The molecule has 0 spiro atoms. The third-order valence-electron chi connectivity index (χ3n) is 5.67. The number of rotatable bonds is 4. The first-order valence-electron chi connectivity index (χ1n) is 9.06. The fraction of sp³-hybridized carbons (Fsp3) is 0.579. The number of fused-ring (bicyclic) bond motifs is 4. The Balaban J connectivity index is 1.44. The average molecular weight is 343 g/mol. The standard InChI is InChI=1S/C19H25N3OS/c1-3-18-20-15-5-4-13(10-16(15)24-18)11-17(23)21-19-12(2)22-8-6-14(19)7-9-22/h4-5,10,12,14,19H,3,6-9,11H2,1-2H3,(H,21,23)/t12-,19+/m1/s1. The minimum Gasteiger partial charge on any atom is -0.351 e. The van der Waals surface area contributed by atoms with E-state index in [0.29, 0.717) is 24.4 Å². The molecule has 4 heterocycles. The number of piperidine rings is 3. The van der Waals surface area contributed by atoms with Gasteiger partial charge in [0.2, 0.25) is 5.91 Å². The number of carbonyl (C=O) groups is 1. The minimum absolute atomic E-state index is 0.153. The second-order valence-corrected chi connectivity index (χ2v) is 8.26. The van der Waals surface area contributed by atoms with Gasteiger partial charge in [-0.3, -0.25) is 9.69 Å². The maximum absolute atomic E-state index is 12.6. The largest absolute Gasteiger partial charge is 0.351 e. The average Bonchev–Trinajstić information content (AvgIpc) is 3.01. The van der Waals surface area contributed by atoms with Crippen LogP contribution in [-0.4, -0.2) is 41.0 Å². The van der Waals surface area contributed by atoms with E-state index in [1.165, 1.54) is 30.6 Å². The number of aromatic nitrogens is 1. The number of hydrogen-bond donors (Lipinski definition) is 1. The number of aryl methyl sites for hydroxylation is 1. The van der Waals surface area contributed by atoms with Crippen LogP contribution in [-0.2, 0) is 17.6 Å². The monoisotopic (exact) mass is 343 g/mol. The molecule has 24 heavy (non-hydrogen) atoms. The highest BCUT2D eigenvalue weighted by molar-refractivity contribution is 7.18. The highest BCUT2D eigenvalue weighted by Gasteiger charge is 2.40. The Morgan fingerprint density at radius 1 is 1.38 bits per heavy atom. The molecular formula is C19H25N3OS. The molecule has 2 bridgehead atoms. The van der Waals surface area contributed by atoms with Gasteiger partial charge in [-0.25, -0.2) is 4.98 Å². The van der Waals surface area contributed by atoms with Gasteiger partial charge in [0.25, 0.3) is 0 Å². The molecule has 128 valence electrons. The van der Waals surface area contributed by atoms with Crippen LogP contribution in [0, 0.1) is 5.92 Å². The Morgan fingerprint density at radius 3 is 2.88 bits per heavy atom. The Hall–Kier alpha value is -1.46. The van der Waals surface area contributed by atoms with Crippen molar-refractivity contribution in [2.45, 2.75) is 51.6 Å². The first-order chi connectivity index (χ1) is 11.6. The topological polar surface area (TPSA) is 45.2 Å². The van der Waals surface area contributed by atoms with Gasteiger partial charge in [-0.2, -0.15) is 0 Å². The predicted molar refractivity (Wildman–Crippen MR) is 98.4 cm³/mol. The lowest BCUT2D eigenvalue weighted by Gasteiger charge is -2.50. The lowest BCUT2D eigenvalue weighted by atomic mass is 9.79. The summed E-state index contributed by atoms with van der Waals surface area (Å²) in [5.74, 6) is 0.810. The van der Waals surface area contributed by atoms with Gasteiger partial charge in [-0.15, -0.1) is 11.3 Å². The highest BCUT2D eigenvalue weighted by Crippen LogP contribution is 2.32. The van der Waals surface area contributed by atoms with Crippen LogP contribution in [0.5, 0.6) is 0 Å². The number of nitrogens with one attached hydrogen (secondary N) is 1. The lowest BCUT2D eigenvalue weighted by molar-refractivity contribution is -0.123. The van der Waals surface area contributed by atoms with E-state index in [0.717, 1.165) is 22.5 Å². The third kappa shape index (κ3) is 2.95. The summed E-state index contributed by atoms with van der Waals surface area (Å²) < 4.78 is 1.19. The molecule has 5 rings (SSSR count). The normalized spacial score (nSPS) is 29.1. The zero-order chi connectivity index (χ0) is 16.7. The quantitative estimate of drug-likeness (QED) is 0.928. The first kappa shape index (κ1) is 16.0. The van der Waals surface area contributed by atoms with Crippen molar-refractivity contribution >= 4 is 27.5 Å². The van der Waals surface area contributed by atoms with E-state index in [2.05, 4.69) is 35.1 Å². The van der Waals surface area contributed by atoms with E-state index in [1.54, 1.807) is 11.3 Å². The van der Waals surface area contributed by atoms with E-state index in [-0.39, 0.29) is 5.91 Å². The molecule has 5 heteroatoms. The van der Waals surface area contributed by atoms with E-state index < -0.39 is 0 Å². The van der Waals surface area contributed by atoms with Gasteiger partial charge < -0.3 is 5.32 Å². The van der Waals surface area contributed by atoms with Crippen LogP contribution in [0.15, 0.2) is 18.2 Å². The van der Waals surface area contributed by atoms with Crippen molar-refractivity contribution in [3.05, 3.63) is 28.8 Å². The van der Waals surface area contributed by atoms with E-state index >= 15 is 0 Å². The number of hydrogen-bond acceptors (Lipinski definition) is 4. The van der Waals surface area contributed by atoms with Gasteiger partial charge in [0.05, 0.1) is 21.6 Å². The molecule has 0 radical (unpaired) electrons. The van der Waals surface area contributed by atoms with Gasteiger partial charge in [0, 0.05) is 12.1 Å². The van der Waals surface area contributed by atoms with Crippen LogP contribution in [0.1, 0.15) is 37.3 Å². The molecule has 0 aliphatic carbocycles. The lowest BCUT2D eigenvalue weighted by Crippen LogP contribution is -2.62. The third-order valence-corrected chi connectivity index (χ3v) is 6.83. The first-order valence-corrected chi connectivity index (χ1v) is 9.87. The molecule has 1 N–H and O–H groups in total. The van der Waals surface area contributed by atoms with E-state index in [1.807, 2.05) is 12.1 Å². The van der Waals surface area contributed by atoms with Crippen LogP contribution in [0.25, 0.3) is 10.2 Å². The Morgan fingerprint density at radius 2 is 2.17 bits per heavy atom. The van der Waals surface area contributed by atoms with Crippen molar-refractivity contribution in [1.29, 1.82) is 0 Å². The van der Waals surface area contributed by atoms with Crippen LogP contribution < -0.4 is 5.32 Å². The Kier molecular flexibility index (Phi) is 4.31. The van der Waals surface area contributed by atoms with E-state index in [4.69, 9.17) is 0 Å². The summed E-state index contributed by atoms with van der Waals surface area (Å²) in [5, 5.41) is 4.48. The van der Waals surface area contributed by atoms with Crippen LogP contribution >= 0.6 is 11.3 Å². The summed E-state index contributed by atoms with van der Waals surface area (Å²) >= 11 is 1.73. The predicted octanol–water partition coefficient (Wildman–Crippen LogP) is 3.00. The van der Waals surface area contributed by atoms with Crippen molar-refractivity contribution in [1.82, 2.24) is 15.2 Å². The van der Waals surface area contributed by atoms with Crippen LogP contribution in [0.4, 0.5) is 0 Å². The zero-order valence-electron chi connectivity index (χ0n) is 14.4. The van der Waals surface area contributed by atoms with Crippen molar-refractivity contribution in [2.75, 3.05) is 13.1 Å². The summed E-state index contributed by atoms with van der Waals surface area (Å²) in [4.78, 5) is 19.7. The number of nitrogens with zero attached hydrogens (tertiary/aromatic N) is 2. The molecule has 3 saturated heterocycles. The summed E-state index contributed by atoms with van der Waals surface area (Å²) in [7, 11) is 0. The second kappa shape index (κ2) is 6.45. The van der Waals surface area contributed by atoms with Gasteiger partial charge in [-0.05, 0) is 62.9 Å². The molecule has 1 aromatic heterocycles. The molecule has 2 atom stereocenters. The maximum atomic E-state index is 12.6. The Bertz CT molecular complexity index is 746. The van der Waals surface area contributed by atoms with Gasteiger partial charge in [0.1, 0.15) is 0 Å². The summed E-state index contributed by atoms with van der Waals surface area (Å²) in [5.41, 5.74) is 2.13. The molecule has 3 aliphatic heterocycles. The minimum atomic E-state index is 0.153. The fourth-order valence-electron chi connectivity index (χ4n) is 4.25. The van der Waals surface area contributed by atoms with Gasteiger partial charge in [0.15, 0.2) is 0 Å². The molecular weight excluding hydrogens is 318 g/mol. The maximum Gasteiger partial charge on any atom is 0.224 e. The number of amides is 1. The van der Waals surface area contributed by atoms with Gasteiger partial charge in [-0.1, -0.05) is 13.0 Å². The van der Waals surface area contributed by atoms with Crippen molar-refractivity contribution in [3.63, 3.8) is 0 Å².